The average molecular weight is 285 g/mol. The summed E-state index contributed by atoms with van der Waals surface area (Å²) in [6.45, 7) is 5.44. The number of likely N-dealkylation sites (tertiary alicyclic amines) is 1. The van der Waals surface area contributed by atoms with Crippen LogP contribution in [-0.2, 0) is 6.54 Å². The number of pyridine rings is 1. The van der Waals surface area contributed by atoms with E-state index in [4.69, 9.17) is 0 Å². The maximum absolute atomic E-state index is 13.9. The molecule has 1 atom stereocenters. The van der Waals surface area contributed by atoms with E-state index in [0.29, 0.717) is 10.8 Å². The smallest absolute Gasteiger partial charge is 0.132 e. The lowest BCUT2D eigenvalue weighted by Crippen LogP contribution is -2.29. The van der Waals surface area contributed by atoms with Gasteiger partial charge in [-0.1, -0.05) is 6.07 Å². The Morgan fingerprint density at radius 3 is 3.10 bits per heavy atom. The fraction of sp³-hybridized carbons (Fsp3) is 0.471. The largest absolute Gasteiger partial charge is 0.316 e. The standard InChI is InChI=1S/C17H20FN3/c18-15-4-3-13(16-14(15)2-1-7-20-16)10-21-9-6-17(12-21)5-8-19-11-17/h1-4,7,19H,5-6,8-12H2. The first kappa shape index (κ1) is 13.2. The second-order valence-corrected chi connectivity index (χ2v) is 6.49. The van der Waals surface area contributed by atoms with Crippen LogP contribution in [0.4, 0.5) is 4.39 Å². The zero-order valence-corrected chi connectivity index (χ0v) is 12.1. The van der Waals surface area contributed by atoms with Gasteiger partial charge in [-0.15, -0.1) is 0 Å². The molecule has 1 N–H and O–H groups in total. The van der Waals surface area contributed by atoms with Crippen molar-refractivity contribution in [2.45, 2.75) is 19.4 Å². The highest BCUT2D eigenvalue weighted by Gasteiger charge is 2.40. The van der Waals surface area contributed by atoms with E-state index in [2.05, 4.69) is 15.2 Å². The number of fused-ring (bicyclic) bond motifs is 1. The zero-order valence-electron chi connectivity index (χ0n) is 12.1. The summed E-state index contributed by atoms with van der Waals surface area (Å²) in [4.78, 5) is 6.89. The maximum atomic E-state index is 13.9. The fourth-order valence-electron chi connectivity index (χ4n) is 3.87. The Hall–Kier alpha value is -1.52. The molecule has 1 aromatic carbocycles. The van der Waals surface area contributed by atoms with E-state index in [0.717, 1.165) is 43.8 Å². The van der Waals surface area contributed by atoms with Crippen molar-refractivity contribution in [2.75, 3.05) is 26.2 Å². The maximum Gasteiger partial charge on any atom is 0.132 e. The molecular weight excluding hydrogens is 265 g/mol. The van der Waals surface area contributed by atoms with Gasteiger partial charge in [-0.2, -0.15) is 0 Å². The van der Waals surface area contributed by atoms with E-state index < -0.39 is 0 Å². The molecule has 2 saturated heterocycles. The summed E-state index contributed by atoms with van der Waals surface area (Å²) in [7, 11) is 0. The highest BCUT2D eigenvalue weighted by molar-refractivity contribution is 5.82. The van der Waals surface area contributed by atoms with Crippen molar-refractivity contribution in [2.24, 2.45) is 5.41 Å². The Balaban J connectivity index is 1.59. The lowest BCUT2D eigenvalue weighted by Gasteiger charge is -2.23. The summed E-state index contributed by atoms with van der Waals surface area (Å²) in [6.07, 6.45) is 4.30. The molecule has 3 nitrogen and oxygen atoms in total. The first-order valence-electron chi connectivity index (χ1n) is 7.71. The van der Waals surface area contributed by atoms with Gasteiger partial charge in [-0.05, 0) is 55.1 Å². The molecule has 4 rings (SSSR count). The quantitative estimate of drug-likeness (QED) is 0.919. The van der Waals surface area contributed by atoms with Crippen molar-refractivity contribution in [1.29, 1.82) is 0 Å². The van der Waals surface area contributed by atoms with Crippen LogP contribution in [0.15, 0.2) is 30.5 Å². The third-order valence-electron chi connectivity index (χ3n) is 5.04. The fourth-order valence-corrected chi connectivity index (χ4v) is 3.87. The molecule has 0 bridgehead atoms. The number of halogens is 1. The minimum Gasteiger partial charge on any atom is -0.316 e. The number of benzene rings is 1. The zero-order chi connectivity index (χ0) is 14.3. The lowest BCUT2D eigenvalue weighted by molar-refractivity contribution is 0.269. The van der Waals surface area contributed by atoms with Gasteiger partial charge in [0.15, 0.2) is 0 Å². The van der Waals surface area contributed by atoms with E-state index >= 15 is 0 Å². The van der Waals surface area contributed by atoms with Gasteiger partial charge in [0.2, 0.25) is 0 Å². The van der Waals surface area contributed by atoms with Crippen molar-refractivity contribution in [3.8, 4) is 0 Å². The van der Waals surface area contributed by atoms with Crippen LogP contribution in [0.3, 0.4) is 0 Å². The van der Waals surface area contributed by atoms with Crippen LogP contribution >= 0.6 is 0 Å². The summed E-state index contributed by atoms with van der Waals surface area (Å²) in [5, 5.41) is 4.12. The predicted octanol–water partition coefficient (Wildman–Crippen LogP) is 2.56. The first-order chi connectivity index (χ1) is 10.3. The van der Waals surface area contributed by atoms with Crippen LogP contribution in [0.25, 0.3) is 10.9 Å². The van der Waals surface area contributed by atoms with Crippen molar-refractivity contribution >= 4 is 10.9 Å². The van der Waals surface area contributed by atoms with Gasteiger partial charge < -0.3 is 5.32 Å². The minimum atomic E-state index is -0.181. The van der Waals surface area contributed by atoms with Gasteiger partial charge in [-0.3, -0.25) is 9.88 Å². The molecule has 110 valence electrons. The molecule has 0 amide bonds. The predicted molar refractivity (Wildman–Crippen MR) is 81.5 cm³/mol. The Labute approximate surface area is 124 Å². The molecule has 2 aliphatic heterocycles. The Kier molecular flexibility index (Phi) is 3.16. The third-order valence-corrected chi connectivity index (χ3v) is 5.04. The van der Waals surface area contributed by atoms with Gasteiger partial charge in [0.25, 0.3) is 0 Å². The number of hydrogen-bond donors (Lipinski definition) is 1. The van der Waals surface area contributed by atoms with E-state index in [1.165, 1.54) is 12.8 Å². The molecule has 0 aliphatic carbocycles. The van der Waals surface area contributed by atoms with Gasteiger partial charge in [-0.25, -0.2) is 4.39 Å². The van der Waals surface area contributed by atoms with E-state index in [1.807, 2.05) is 12.1 Å². The molecule has 0 saturated carbocycles. The number of aromatic nitrogens is 1. The summed E-state index contributed by atoms with van der Waals surface area (Å²) >= 11 is 0. The molecule has 2 aliphatic rings. The molecule has 3 heterocycles. The second-order valence-electron chi connectivity index (χ2n) is 6.49. The normalized spacial score (nSPS) is 26.1. The molecule has 2 fully saturated rings. The minimum absolute atomic E-state index is 0.181. The molecule has 1 spiro atoms. The monoisotopic (exact) mass is 285 g/mol. The molecule has 1 aromatic heterocycles. The molecule has 21 heavy (non-hydrogen) atoms. The summed E-state index contributed by atoms with van der Waals surface area (Å²) in [5.74, 6) is -0.181. The van der Waals surface area contributed by atoms with E-state index in [-0.39, 0.29) is 5.82 Å². The Morgan fingerprint density at radius 2 is 2.24 bits per heavy atom. The lowest BCUT2D eigenvalue weighted by atomic mass is 9.86. The SMILES string of the molecule is Fc1ccc(CN2CCC3(CCNC3)C2)c2ncccc12. The van der Waals surface area contributed by atoms with Gasteiger partial charge >= 0.3 is 0 Å². The van der Waals surface area contributed by atoms with Crippen LogP contribution < -0.4 is 5.32 Å². The number of rotatable bonds is 2. The van der Waals surface area contributed by atoms with Crippen LogP contribution in [0.5, 0.6) is 0 Å². The van der Waals surface area contributed by atoms with Crippen molar-refractivity contribution < 1.29 is 4.39 Å². The Bertz CT molecular complexity index is 664. The molecular formula is C17H20FN3. The average Bonchev–Trinajstić information content (AvgIpc) is 3.13. The molecule has 0 radical (unpaired) electrons. The molecule has 4 heteroatoms. The highest BCUT2D eigenvalue weighted by Crippen LogP contribution is 2.37. The van der Waals surface area contributed by atoms with Crippen LogP contribution in [0.2, 0.25) is 0 Å². The van der Waals surface area contributed by atoms with Gasteiger partial charge in [0, 0.05) is 31.2 Å². The van der Waals surface area contributed by atoms with Crippen LogP contribution in [-0.4, -0.2) is 36.1 Å². The first-order valence-corrected chi connectivity index (χ1v) is 7.71. The highest BCUT2D eigenvalue weighted by atomic mass is 19.1. The molecule has 1 unspecified atom stereocenters. The van der Waals surface area contributed by atoms with Crippen molar-refractivity contribution in [1.82, 2.24) is 15.2 Å². The summed E-state index contributed by atoms with van der Waals surface area (Å²) in [6, 6.07) is 7.07. The Morgan fingerprint density at radius 1 is 1.29 bits per heavy atom. The van der Waals surface area contributed by atoms with Gasteiger partial charge in [0.1, 0.15) is 5.82 Å². The number of nitrogens with one attached hydrogen (secondary N) is 1. The number of hydrogen-bond acceptors (Lipinski definition) is 3. The topological polar surface area (TPSA) is 28.2 Å². The van der Waals surface area contributed by atoms with Crippen LogP contribution in [0, 0.1) is 11.2 Å². The third kappa shape index (κ3) is 2.32. The summed E-state index contributed by atoms with van der Waals surface area (Å²) in [5.41, 5.74) is 2.42. The van der Waals surface area contributed by atoms with Gasteiger partial charge in [0.05, 0.1) is 5.52 Å². The van der Waals surface area contributed by atoms with E-state index in [1.54, 1.807) is 18.3 Å². The second kappa shape index (κ2) is 5.04. The van der Waals surface area contributed by atoms with E-state index in [9.17, 15) is 4.39 Å². The van der Waals surface area contributed by atoms with Crippen molar-refractivity contribution in [3.63, 3.8) is 0 Å². The van der Waals surface area contributed by atoms with Crippen LogP contribution in [0.1, 0.15) is 18.4 Å². The van der Waals surface area contributed by atoms with Crippen molar-refractivity contribution in [3.05, 3.63) is 41.8 Å². The molecule has 2 aromatic rings. The number of nitrogens with zero attached hydrogens (tertiary/aromatic N) is 2. The summed E-state index contributed by atoms with van der Waals surface area (Å²) < 4.78 is 13.9.